The minimum atomic E-state index is -0.0287. The van der Waals surface area contributed by atoms with Crippen molar-refractivity contribution in [1.82, 2.24) is 20.0 Å². The van der Waals surface area contributed by atoms with Crippen LogP contribution < -0.4 is 5.32 Å². The lowest BCUT2D eigenvalue weighted by Gasteiger charge is -2.12. The van der Waals surface area contributed by atoms with E-state index in [0.29, 0.717) is 11.6 Å². The van der Waals surface area contributed by atoms with Crippen LogP contribution in [-0.4, -0.2) is 47.8 Å². The van der Waals surface area contributed by atoms with Gasteiger partial charge in [0.1, 0.15) is 0 Å². The van der Waals surface area contributed by atoms with Crippen LogP contribution in [0.2, 0.25) is 5.02 Å². The predicted octanol–water partition coefficient (Wildman–Crippen LogP) is 3.72. The molecule has 1 amide bonds. The third-order valence-electron chi connectivity index (χ3n) is 4.17. The van der Waals surface area contributed by atoms with Gasteiger partial charge in [-0.2, -0.15) is 5.10 Å². The van der Waals surface area contributed by atoms with Crippen LogP contribution in [0, 0.1) is 0 Å². The van der Waals surface area contributed by atoms with Gasteiger partial charge in [-0.1, -0.05) is 38.3 Å². The number of carbonyl (C=O) groups is 1. The zero-order valence-corrected chi connectivity index (χ0v) is 16.9. The fraction of sp³-hybridized carbons (Fsp3) is 0.500. The highest BCUT2D eigenvalue weighted by atomic mass is 35.5. The Kier molecular flexibility index (Phi) is 7.66. The van der Waals surface area contributed by atoms with Crippen molar-refractivity contribution in [3.8, 4) is 5.69 Å². The van der Waals surface area contributed by atoms with Crippen molar-refractivity contribution >= 4 is 17.5 Å². The minimum Gasteiger partial charge on any atom is -0.351 e. The molecule has 0 aliphatic rings. The van der Waals surface area contributed by atoms with Gasteiger partial charge < -0.3 is 10.2 Å². The second-order valence-corrected chi connectivity index (χ2v) is 7.15. The Bertz CT molecular complexity index is 722. The molecule has 0 spiro atoms. The largest absolute Gasteiger partial charge is 0.351 e. The number of carbonyl (C=O) groups excluding carboxylic acids is 1. The highest BCUT2D eigenvalue weighted by Gasteiger charge is 2.23. The van der Waals surface area contributed by atoms with E-state index >= 15 is 0 Å². The Labute approximate surface area is 161 Å². The van der Waals surface area contributed by atoms with Crippen LogP contribution >= 0.6 is 11.6 Å². The number of hydrogen-bond donors (Lipinski definition) is 1. The first-order valence-electron chi connectivity index (χ1n) is 9.27. The number of nitrogens with one attached hydrogen (secondary N) is 1. The molecule has 26 heavy (non-hydrogen) atoms. The number of amides is 1. The zero-order valence-electron chi connectivity index (χ0n) is 16.2. The summed E-state index contributed by atoms with van der Waals surface area (Å²) in [6, 6.07) is 7.59. The number of likely N-dealkylation sites (N-methyl/N-ethyl adjacent to an activating group) is 1. The monoisotopic (exact) mass is 376 g/mol. The van der Waals surface area contributed by atoms with Crippen molar-refractivity contribution in [3.63, 3.8) is 0 Å². The highest BCUT2D eigenvalue weighted by molar-refractivity contribution is 6.30. The molecule has 1 heterocycles. The van der Waals surface area contributed by atoms with E-state index < -0.39 is 0 Å². The van der Waals surface area contributed by atoms with Crippen LogP contribution in [0.3, 0.4) is 0 Å². The van der Waals surface area contributed by atoms with E-state index in [9.17, 15) is 4.79 Å². The topological polar surface area (TPSA) is 50.2 Å². The van der Waals surface area contributed by atoms with Crippen LogP contribution in [0.15, 0.2) is 24.3 Å². The number of benzene rings is 1. The summed E-state index contributed by atoms with van der Waals surface area (Å²) in [6.07, 6.45) is 3.48. The number of halogens is 1. The van der Waals surface area contributed by atoms with Crippen molar-refractivity contribution in [1.29, 1.82) is 0 Å². The molecule has 0 saturated heterocycles. The first-order chi connectivity index (χ1) is 12.5. The standard InChI is InChI=1S/C20H29ClN4O/c1-5-7-17-19(20(26)22-13-14-24(3)4)18(8-6-2)25(23-17)16-11-9-15(21)10-12-16/h9-12H,5-8,13-14H2,1-4H3,(H,22,26). The smallest absolute Gasteiger partial charge is 0.255 e. The van der Waals surface area contributed by atoms with Crippen molar-refractivity contribution in [3.05, 3.63) is 46.2 Å². The van der Waals surface area contributed by atoms with Crippen molar-refractivity contribution < 1.29 is 4.79 Å². The zero-order chi connectivity index (χ0) is 19.1. The molecule has 0 unspecified atom stereocenters. The second kappa shape index (κ2) is 9.74. The van der Waals surface area contributed by atoms with E-state index in [1.54, 1.807) is 0 Å². The number of aryl methyl sites for hydroxylation is 1. The maximum Gasteiger partial charge on any atom is 0.255 e. The molecule has 0 aliphatic carbocycles. The summed E-state index contributed by atoms with van der Waals surface area (Å²) < 4.78 is 1.91. The third-order valence-corrected chi connectivity index (χ3v) is 4.42. The van der Waals surface area contributed by atoms with Gasteiger partial charge in [-0.3, -0.25) is 4.79 Å². The highest BCUT2D eigenvalue weighted by Crippen LogP contribution is 2.23. The van der Waals surface area contributed by atoms with Crippen molar-refractivity contribution in [2.45, 2.75) is 39.5 Å². The molecule has 2 rings (SSSR count). The predicted molar refractivity (Wildman–Crippen MR) is 107 cm³/mol. The van der Waals surface area contributed by atoms with E-state index in [-0.39, 0.29) is 5.91 Å². The first-order valence-corrected chi connectivity index (χ1v) is 9.65. The maximum absolute atomic E-state index is 12.9. The molecule has 2 aromatic rings. The molecule has 1 aromatic heterocycles. The van der Waals surface area contributed by atoms with Gasteiger partial charge >= 0.3 is 0 Å². The van der Waals surface area contributed by atoms with Gasteiger partial charge in [-0.25, -0.2) is 4.68 Å². The molecular weight excluding hydrogens is 348 g/mol. The molecule has 0 bridgehead atoms. The minimum absolute atomic E-state index is 0.0287. The van der Waals surface area contributed by atoms with Crippen LogP contribution in [0.25, 0.3) is 5.69 Å². The molecule has 5 nitrogen and oxygen atoms in total. The van der Waals surface area contributed by atoms with Crippen LogP contribution in [0.5, 0.6) is 0 Å². The molecule has 0 saturated carbocycles. The molecule has 0 aliphatic heterocycles. The number of rotatable bonds is 9. The Morgan fingerprint density at radius 1 is 1.15 bits per heavy atom. The summed E-state index contributed by atoms with van der Waals surface area (Å²) in [5.41, 5.74) is 3.51. The van der Waals surface area contributed by atoms with Crippen molar-refractivity contribution in [2.75, 3.05) is 27.2 Å². The summed E-state index contributed by atoms with van der Waals surface area (Å²) >= 11 is 6.02. The lowest BCUT2D eigenvalue weighted by molar-refractivity contribution is 0.0949. The van der Waals surface area contributed by atoms with E-state index in [0.717, 1.165) is 54.9 Å². The molecule has 0 atom stereocenters. The van der Waals surface area contributed by atoms with E-state index in [1.165, 1.54) is 0 Å². The summed E-state index contributed by atoms with van der Waals surface area (Å²) in [7, 11) is 3.99. The molecule has 1 aromatic carbocycles. The normalized spacial score (nSPS) is 11.2. The number of hydrogen-bond acceptors (Lipinski definition) is 3. The molecule has 0 radical (unpaired) electrons. The fourth-order valence-corrected chi connectivity index (χ4v) is 3.05. The van der Waals surface area contributed by atoms with Gasteiger partial charge in [0, 0.05) is 18.1 Å². The van der Waals surface area contributed by atoms with E-state index in [2.05, 4.69) is 24.1 Å². The molecule has 0 fully saturated rings. The van der Waals surface area contributed by atoms with Gasteiger partial charge in [0.15, 0.2) is 0 Å². The van der Waals surface area contributed by atoms with Gasteiger partial charge in [-0.15, -0.1) is 0 Å². The summed E-state index contributed by atoms with van der Waals surface area (Å²) in [6.45, 7) is 5.65. The van der Waals surface area contributed by atoms with Gasteiger partial charge in [-0.05, 0) is 51.2 Å². The summed E-state index contributed by atoms with van der Waals surface area (Å²) in [5.74, 6) is -0.0287. The first kappa shape index (κ1) is 20.5. The second-order valence-electron chi connectivity index (χ2n) is 6.72. The maximum atomic E-state index is 12.9. The van der Waals surface area contributed by atoms with Crippen LogP contribution in [0.4, 0.5) is 0 Å². The van der Waals surface area contributed by atoms with Gasteiger partial charge in [0.25, 0.3) is 5.91 Å². The summed E-state index contributed by atoms with van der Waals surface area (Å²) in [4.78, 5) is 15.0. The van der Waals surface area contributed by atoms with Gasteiger partial charge in [0.05, 0.1) is 22.6 Å². The lowest BCUT2D eigenvalue weighted by Crippen LogP contribution is -2.32. The number of aromatic nitrogens is 2. The quantitative estimate of drug-likeness (QED) is 0.725. The van der Waals surface area contributed by atoms with Crippen LogP contribution in [0.1, 0.15) is 48.4 Å². The van der Waals surface area contributed by atoms with Crippen LogP contribution in [-0.2, 0) is 12.8 Å². The Morgan fingerprint density at radius 2 is 1.81 bits per heavy atom. The SMILES string of the molecule is CCCc1nn(-c2ccc(Cl)cc2)c(CCC)c1C(=O)NCCN(C)C. The van der Waals surface area contributed by atoms with Crippen molar-refractivity contribution in [2.24, 2.45) is 0 Å². The Morgan fingerprint density at radius 3 is 2.38 bits per heavy atom. The summed E-state index contributed by atoms with van der Waals surface area (Å²) in [5, 5.41) is 8.52. The average molecular weight is 377 g/mol. The van der Waals surface area contributed by atoms with E-state index in [4.69, 9.17) is 16.7 Å². The fourth-order valence-electron chi connectivity index (χ4n) is 2.92. The molecule has 6 heteroatoms. The van der Waals surface area contributed by atoms with Gasteiger partial charge in [0.2, 0.25) is 0 Å². The third kappa shape index (κ3) is 5.08. The molecular formula is C20H29ClN4O. The molecule has 142 valence electrons. The average Bonchev–Trinajstić information content (AvgIpc) is 2.94. The van der Waals surface area contributed by atoms with E-state index in [1.807, 2.05) is 43.0 Å². The molecule has 1 N–H and O–H groups in total. The lowest BCUT2D eigenvalue weighted by atomic mass is 10.1. The Balaban J connectivity index is 2.43. The number of nitrogens with zero attached hydrogens (tertiary/aromatic N) is 3. The Hall–Kier alpha value is -1.85.